The van der Waals surface area contributed by atoms with Crippen molar-refractivity contribution in [2.45, 2.75) is 13.5 Å². The summed E-state index contributed by atoms with van der Waals surface area (Å²) < 4.78 is 0. The molecule has 0 aliphatic heterocycles. The zero-order chi connectivity index (χ0) is 18.7. The molecule has 0 radical (unpaired) electrons. The van der Waals surface area contributed by atoms with E-state index in [1.165, 1.54) is 11.3 Å². The molecule has 0 saturated heterocycles. The molecule has 8 nitrogen and oxygen atoms in total. The van der Waals surface area contributed by atoms with Crippen LogP contribution in [0.1, 0.15) is 20.9 Å². The minimum absolute atomic E-state index is 0.0235. The number of hydrogen-bond donors (Lipinski definition) is 2. The van der Waals surface area contributed by atoms with E-state index in [0.29, 0.717) is 6.54 Å². The molecule has 3 N–H and O–H groups in total. The summed E-state index contributed by atoms with van der Waals surface area (Å²) in [7, 11) is 0. The van der Waals surface area contributed by atoms with Gasteiger partial charge in [0.15, 0.2) is 0 Å². The Labute approximate surface area is 152 Å². The highest BCUT2D eigenvalue weighted by molar-refractivity contribution is 7.15. The molecule has 2 heterocycles. The minimum Gasteiger partial charge on any atom is -0.365 e. The van der Waals surface area contributed by atoms with E-state index in [1.807, 2.05) is 37.3 Å². The number of amides is 1. The average molecular weight is 369 g/mol. The van der Waals surface area contributed by atoms with E-state index >= 15 is 0 Å². The molecule has 9 heteroatoms. The van der Waals surface area contributed by atoms with Crippen molar-refractivity contribution in [3.63, 3.8) is 0 Å². The Balaban J connectivity index is 1.82. The summed E-state index contributed by atoms with van der Waals surface area (Å²) in [5, 5.41) is 14.7. The Morgan fingerprint density at radius 3 is 2.73 bits per heavy atom. The van der Waals surface area contributed by atoms with E-state index in [-0.39, 0.29) is 17.1 Å². The van der Waals surface area contributed by atoms with Gasteiger partial charge in [0.2, 0.25) is 0 Å². The highest BCUT2D eigenvalue weighted by Crippen LogP contribution is 2.28. The molecular weight excluding hydrogens is 354 g/mol. The molecule has 0 bridgehead atoms. The standard InChI is InChI=1S/C17H15N5O3S/c1-10-14(26-17(21-10)11-5-3-2-4-6-11)9-20-16-13(15(18)23)7-12(8-19-16)22(24)25/h2-8H,9H2,1H3,(H2,18,23)(H,19,20). The van der Waals surface area contributed by atoms with Gasteiger partial charge in [-0.3, -0.25) is 14.9 Å². The third-order valence-corrected chi connectivity index (χ3v) is 4.89. The second kappa shape index (κ2) is 7.28. The monoisotopic (exact) mass is 369 g/mol. The number of rotatable bonds is 6. The third-order valence-electron chi connectivity index (χ3n) is 3.68. The SMILES string of the molecule is Cc1nc(-c2ccccc2)sc1CNc1ncc([N+](=O)[O-])cc1C(N)=O. The van der Waals surface area contributed by atoms with Crippen LogP contribution in [-0.2, 0) is 6.54 Å². The van der Waals surface area contributed by atoms with Crippen LogP contribution in [0.5, 0.6) is 0 Å². The number of pyridine rings is 1. The van der Waals surface area contributed by atoms with Crippen molar-refractivity contribution in [2.24, 2.45) is 5.73 Å². The van der Waals surface area contributed by atoms with Crippen LogP contribution < -0.4 is 11.1 Å². The molecule has 2 aromatic heterocycles. The zero-order valence-corrected chi connectivity index (χ0v) is 14.6. The first kappa shape index (κ1) is 17.5. The van der Waals surface area contributed by atoms with Crippen LogP contribution in [0.3, 0.4) is 0 Å². The number of thiazole rings is 1. The third kappa shape index (κ3) is 3.67. The number of hydrogen-bond acceptors (Lipinski definition) is 7. The highest BCUT2D eigenvalue weighted by atomic mass is 32.1. The zero-order valence-electron chi connectivity index (χ0n) is 13.8. The van der Waals surface area contributed by atoms with Crippen molar-refractivity contribution >= 4 is 28.7 Å². The lowest BCUT2D eigenvalue weighted by Crippen LogP contribution is -2.16. The number of aryl methyl sites for hydroxylation is 1. The van der Waals surface area contributed by atoms with Crippen molar-refractivity contribution in [3.8, 4) is 10.6 Å². The first-order valence-electron chi connectivity index (χ1n) is 7.65. The molecule has 1 amide bonds. The van der Waals surface area contributed by atoms with Crippen LogP contribution in [0, 0.1) is 17.0 Å². The van der Waals surface area contributed by atoms with Gasteiger partial charge < -0.3 is 11.1 Å². The molecule has 0 unspecified atom stereocenters. The number of carbonyl (C=O) groups is 1. The van der Waals surface area contributed by atoms with Crippen molar-refractivity contribution in [1.82, 2.24) is 9.97 Å². The fraction of sp³-hybridized carbons (Fsp3) is 0.118. The number of benzene rings is 1. The van der Waals surface area contributed by atoms with Crippen LogP contribution in [0.2, 0.25) is 0 Å². The smallest absolute Gasteiger partial charge is 0.288 e. The molecule has 1 aromatic carbocycles. The normalized spacial score (nSPS) is 10.5. The lowest BCUT2D eigenvalue weighted by atomic mass is 10.2. The van der Waals surface area contributed by atoms with E-state index in [9.17, 15) is 14.9 Å². The number of anilines is 1. The van der Waals surface area contributed by atoms with Gasteiger partial charge in [-0.1, -0.05) is 30.3 Å². The maximum absolute atomic E-state index is 11.6. The van der Waals surface area contributed by atoms with Gasteiger partial charge in [0.05, 0.1) is 22.7 Å². The molecule has 3 aromatic rings. The number of nitro groups is 1. The van der Waals surface area contributed by atoms with Crippen molar-refractivity contribution in [1.29, 1.82) is 0 Å². The van der Waals surface area contributed by atoms with Gasteiger partial charge in [0.1, 0.15) is 17.0 Å². The Bertz CT molecular complexity index is 972. The Morgan fingerprint density at radius 2 is 2.08 bits per heavy atom. The fourth-order valence-corrected chi connectivity index (χ4v) is 3.35. The summed E-state index contributed by atoms with van der Waals surface area (Å²) in [6.45, 7) is 2.28. The Morgan fingerprint density at radius 1 is 1.35 bits per heavy atom. The molecule has 0 atom stereocenters. The first-order chi connectivity index (χ1) is 12.5. The number of nitrogens with two attached hydrogens (primary N) is 1. The molecule has 0 aliphatic rings. The van der Waals surface area contributed by atoms with Gasteiger partial charge in [-0.25, -0.2) is 9.97 Å². The molecule has 3 rings (SSSR count). The lowest BCUT2D eigenvalue weighted by Gasteiger charge is -2.08. The number of primary amides is 1. The maximum Gasteiger partial charge on any atom is 0.288 e. The molecule has 0 fully saturated rings. The van der Waals surface area contributed by atoms with E-state index < -0.39 is 10.8 Å². The molecule has 0 saturated carbocycles. The summed E-state index contributed by atoms with van der Waals surface area (Å²) in [6, 6.07) is 10.9. The van der Waals surface area contributed by atoms with Crippen molar-refractivity contribution < 1.29 is 9.72 Å². The predicted molar refractivity (Wildman–Crippen MR) is 99.0 cm³/mol. The number of aromatic nitrogens is 2. The second-order valence-electron chi connectivity index (χ2n) is 5.46. The predicted octanol–water partition coefficient (Wildman–Crippen LogP) is 3.13. The summed E-state index contributed by atoms with van der Waals surface area (Å²) >= 11 is 1.53. The van der Waals surface area contributed by atoms with E-state index in [0.717, 1.165) is 33.4 Å². The van der Waals surface area contributed by atoms with Gasteiger partial charge in [-0.15, -0.1) is 11.3 Å². The Hall–Kier alpha value is -3.33. The van der Waals surface area contributed by atoms with E-state index in [1.54, 1.807) is 0 Å². The van der Waals surface area contributed by atoms with Gasteiger partial charge >= 0.3 is 0 Å². The maximum atomic E-state index is 11.6. The van der Waals surface area contributed by atoms with Gasteiger partial charge in [0.25, 0.3) is 11.6 Å². The van der Waals surface area contributed by atoms with Crippen LogP contribution in [0.25, 0.3) is 10.6 Å². The molecule has 0 spiro atoms. The second-order valence-corrected chi connectivity index (χ2v) is 6.54. The van der Waals surface area contributed by atoms with E-state index in [4.69, 9.17) is 5.73 Å². The Kier molecular flexibility index (Phi) is 4.90. The molecule has 26 heavy (non-hydrogen) atoms. The molecule has 132 valence electrons. The summed E-state index contributed by atoms with van der Waals surface area (Å²) in [4.78, 5) is 31.3. The number of nitrogens with zero attached hydrogens (tertiary/aromatic N) is 3. The van der Waals surface area contributed by atoms with Gasteiger partial charge in [-0.2, -0.15) is 0 Å². The van der Waals surface area contributed by atoms with Crippen LogP contribution >= 0.6 is 11.3 Å². The summed E-state index contributed by atoms with van der Waals surface area (Å²) in [5.74, 6) is -0.577. The summed E-state index contributed by atoms with van der Waals surface area (Å²) in [5.41, 5.74) is 6.89. The number of carbonyl (C=O) groups excluding carboxylic acids is 1. The minimum atomic E-state index is -0.783. The lowest BCUT2D eigenvalue weighted by molar-refractivity contribution is -0.385. The van der Waals surface area contributed by atoms with Crippen molar-refractivity contribution in [3.05, 3.63) is 68.8 Å². The van der Waals surface area contributed by atoms with Gasteiger partial charge in [0, 0.05) is 16.5 Å². The largest absolute Gasteiger partial charge is 0.365 e. The topological polar surface area (TPSA) is 124 Å². The number of nitrogens with one attached hydrogen (secondary N) is 1. The van der Waals surface area contributed by atoms with E-state index in [2.05, 4.69) is 15.3 Å². The summed E-state index contributed by atoms with van der Waals surface area (Å²) in [6.07, 6.45) is 1.09. The van der Waals surface area contributed by atoms with Crippen LogP contribution in [0.15, 0.2) is 42.6 Å². The van der Waals surface area contributed by atoms with Crippen LogP contribution in [0.4, 0.5) is 11.5 Å². The highest BCUT2D eigenvalue weighted by Gasteiger charge is 2.17. The van der Waals surface area contributed by atoms with Crippen LogP contribution in [-0.4, -0.2) is 20.8 Å². The quantitative estimate of drug-likeness (QED) is 0.508. The fourth-order valence-electron chi connectivity index (χ4n) is 2.34. The van der Waals surface area contributed by atoms with Gasteiger partial charge in [-0.05, 0) is 6.92 Å². The average Bonchev–Trinajstić information content (AvgIpc) is 3.01. The van der Waals surface area contributed by atoms with Crippen molar-refractivity contribution in [2.75, 3.05) is 5.32 Å². The first-order valence-corrected chi connectivity index (χ1v) is 8.47. The molecular formula is C17H15N5O3S. The molecule has 0 aliphatic carbocycles.